The molecule has 2 N–H and O–H groups in total. The Balaban J connectivity index is 4.61. The molecule has 0 aromatic rings. The molecule has 2 unspecified atom stereocenters. The maximum absolute atomic E-state index is 11.8. The van der Waals surface area contributed by atoms with Gasteiger partial charge in [0.1, 0.15) is 0 Å². The van der Waals surface area contributed by atoms with Gasteiger partial charge in [0.15, 0.2) is 0 Å². The van der Waals surface area contributed by atoms with Crippen LogP contribution in [0.5, 0.6) is 0 Å². The van der Waals surface area contributed by atoms with Crippen LogP contribution in [0.2, 0.25) is 0 Å². The first-order valence-corrected chi connectivity index (χ1v) is 6.04. The molecular formula is C8H20N2O3S. The number of methoxy groups -OCH3 is 1. The van der Waals surface area contributed by atoms with Crippen molar-refractivity contribution in [3.63, 3.8) is 0 Å². The highest BCUT2D eigenvalue weighted by atomic mass is 32.2. The molecule has 0 amide bonds. The standard InChI is InChI=1S/C8H20N2O3S/c1-7(5-9)10(3)14(11,12)8(2)6-13-4/h7-8H,5-6,9H2,1-4H3. The van der Waals surface area contributed by atoms with Gasteiger partial charge in [-0.15, -0.1) is 0 Å². The van der Waals surface area contributed by atoms with Crippen molar-refractivity contribution >= 4 is 10.0 Å². The van der Waals surface area contributed by atoms with E-state index < -0.39 is 15.3 Å². The first-order valence-electron chi connectivity index (χ1n) is 4.53. The van der Waals surface area contributed by atoms with Crippen molar-refractivity contribution in [3.8, 4) is 0 Å². The van der Waals surface area contributed by atoms with Crippen molar-refractivity contribution in [1.29, 1.82) is 0 Å². The van der Waals surface area contributed by atoms with Crippen molar-refractivity contribution in [2.45, 2.75) is 25.1 Å². The summed E-state index contributed by atoms with van der Waals surface area (Å²) in [5, 5.41) is -0.536. The Labute approximate surface area is 86.3 Å². The fourth-order valence-corrected chi connectivity index (χ4v) is 2.47. The molecular weight excluding hydrogens is 204 g/mol. The molecule has 0 rings (SSSR count). The highest BCUT2D eigenvalue weighted by Crippen LogP contribution is 2.10. The van der Waals surface area contributed by atoms with Gasteiger partial charge in [-0.2, -0.15) is 0 Å². The zero-order valence-corrected chi connectivity index (χ0v) is 10.0. The minimum atomic E-state index is -3.28. The van der Waals surface area contributed by atoms with E-state index in [0.29, 0.717) is 6.54 Å². The van der Waals surface area contributed by atoms with Crippen molar-refractivity contribution in [2.75, 3.05) is 27.3 Å². The lowest BCUT2D eigenvalue weighted by atomic mass is 10.4. The summed E-state index contributed by atoms with van der Waals surface area (Å²) in [4.78, 5) is 0. The summed E-state index contributed by atoms with van der Waals surface area (Å²) < 4.78 is 29.7. The Hall–Kier alpha value is -0.170. The van der Waals surface area contributed by atoms with Crippen LogP contribution in [0.25, 0.3) is 0 Å². The van der Waals surface area contributed by atoms with Gasteiger partial charge < -0.3 is 10.5 Å². The number of hydrogen-bond donors (Lipinski definition) is 1. The minimum absolute atomic E-state index is 0.181. The summed E-state index contributed by atoms with van der Waals surface area (Å²) in [6.45, 7) is 3.91. The van der Waals surface area contributed by atoms with E-state index in [1.54, 1.807) is 20.9 Å². The van der Waals surface area contributed by atoms with Crippen LogP contribution < -0.4 is 5.73 Å². The van der Waals surface area contributed by atoms with Gasteiger partial charge in [-0.3, -0.25) is 0 Å². The molecule has 14 heavy (non-hydrogen) atoms. The van der Waals surface area contributed by atoms with E-state index in [9.17, 15) is 8.42 Å². The second-order valence-electron chi connectivity index (χ2n) is 3.41. The van der Waals surface area contributed by atoms with E-state index in [1.165, 1.54) is 11.4 Å². The molecule has 0 radical (unpaired) electrons. The van der Waals surface area contributed by atoms with Gasteiger partial charge in [-0.05, 0) is 13.8 Å². The summed E-state index contributed by atoms with van der Waals surface area (Å²) in [5.41, 5.74) is 5.41. The van der Waals surface area contributed by atoms with Gasteiger partial charge in [0.25, 0.3) is 0 Å². The third-order valence-electron chi connectivity index (χ3n) is 2.27. The Morgan fingerprint density at radius 3 is 2.29 bits per heavy atom. The third-order valence-corrected chi connectivity index (χ3v) is 4.59. The zero-order valence-electron chi connectivity index (χ0n) is 9.23. The summed E-state index contributed by atoms with van der Waals surface area (Å²) in [6, 6.07) is -0.181. The zero-order chi connectivity index (χ0) is 11.4. The molecule has 0 aliphatic heterocycles. The van der Waals surface area contributed by atoms with Crippen LogP contribution in [0.15, 0.2) is 0 Å². The largest absolute Gasteiger partial charge is 0.383 e. The third kappa shape index (κ3) is 3.20. The Morgan fingerprint density at radius 2 is 1.93 bits per heavy atom. The highest BCUT2D eigenvalue weighted by Gasteiger charge is 2.28. The lowest BCUT2D eigenvalue weighted by molar-refractivity contribution is 0.198. The van der Waals surface area contributed by atoms with Crippen LogP contribution >= 0.6 is 0 Å². The van der Waals surface area contributed by atoms with Crippen molar-refractivity contribution < 1.29 is 13.2 Å². The Bertz CT molecular complexity index is 253. The van der Waals surface area contributed by atoms with Crippen LogP contribution in [-0.2, 0) is 14.8 Å². The lowest BCUT2D eigenvalue weighted by Gasteiger charge is -2.26. The summed E-state index contributed by atoms with van der Waals surface area (Å²) in [6.07, 6.45) is 0. The molecule has 0 heterocycles. The van der Waals surface area contributed by atoms with Gasteiger partial charge in [0.2, 0.25) is 10.0 Å². The van der Waals surface area contributed by atoms with Crippen LogP contribution in [0.3, 0.4) is 0 Å². The van der Waals surface area contributed by atoms with Gasteiger partial charge in [-0.1, -0.05) is 0 Å². The number of nitrogens with zero attached hydrogens (tertiary/aromatic N) is 1. The number of likely N-dealkylation sites (N-methyl/N-ethyl adjacent to an activating group) is 1. The molecule has 0 aliphatic carbocycles. The first-order chi connectivity index (χ1) is 6.37. The minimum Gasteiger partial charge on any atom is -0.383 e. The number of nitrogens with two attached hydrogens (primary N) is 1. The second-order valence-corrected chi connectivity index (χ2v) is 5.82. The maximum Gasteiger partial charge on any atom is 0.219 e. The smallest absolute Gasteiger partial charge is 0.219 e. The lowest BCUT2D eigenvalue weighted by Crippen LogP contribution is -2.44. The number of hydrogen-bond acceptors (Lipinski definition) is 4. The van der Waals surface area contributed by atoms with Gasteiger partial charge in [0, 0.05) is 26.7 Å². The van der Waals surface area contributed by atoms with Crippen LogP contribution in [0, 0.1) is 0 Å². The molecule has 0 fully saturated rings. The molecule has 0 saturated heterocycles. The van der Waals surface area contributed by atoms with Crippen molar-refractivity contribution in [1.82, 2.24) is 4.31 Å². The van der Waals surface area contributed by atoms with E-state index in [-0.39, 0.29) is 12.6 Å². The normalized spacial score (nSPS) is 17.0. The van der Waals surface area contributed by atoms with E-state index in [0.717, 1.165) is 0 Å². The van der Waals surface area contributed by atoms with E-state index in [1.807, 2.05) is 0 Å². The molecule has 0 aromatic heterocycles. The van der Waals surface area contributed by atoms with E-state index in [2.05, 4.69) is 0 Å². The van der Waals surface area contributed by atoms with Gasteiger partial charge in [-0.25, -0.2) is 12.7 Å². The SMILES string of the molecule is COCC(C)S(=O)(=O)N(C)C(C)CN. The second kappa shape index (κ2) is 5.65. The number of sulfonamides is 1. The fraction of sp³-hybridized carbons (Fsp3) is 1.00. The van der Waals surface area contributed by atoms with E-state index in [4.69, 9.17) is 10.5 Å². The van der Waals surface area contributed by atoms with Gasteiger partial charge >= 0.3 is 0 Å². The average molecular weight is 224 g/mol. The topological polar surface area (TPSA) is 72.6 Å². The number of ether oxygens (including phenoxy) is 1. The molecule has 6 heteroatoms. The number of rotatable bonds is 6. The van der Waals surface area contributed by atoms with Crippen LogP contribution in [-0.4, -0.2) is 51.3 Å². The monoisotopic (exact) mass is 224 g/mol. The predicted molar refractivity (Wildman–Crippen MR) is 56.5 cm³/mol. The predicted octanol–water partition coefficient (Wildman–Crippen LogP) is -0.370. The van der Waals surface area contributed by atoms with E-state index >= 15 is 0 Å². The molecule has 0 spiro atoms. The maximum atomic E-state index is 11.8. The summed E-state index contributed by atoms with van der Waals surface area (Å²) in [7, 11) is -0.259. The van der Waals surface area contributed by atoms with Crippen molar-refractivity contribution in [2.24, 2.45) is 5.73 Å². The quantitative estimate of drug-likeness (QED) is 0.668. The fourth-order valence-electron chi connectivity index (χ4n) is 1.00. The summed E-state index contributed by atoms with van der Waals surface area (Å²) >= 11 is 0. The first kappa shape index (κ1) is 13.8. The molecule has 0 saturated carbocycles. The van der Waals surface area contributed by atoms with Crippen LogP contribution in [0.4, 0.5) is 0 Å². The Morgan fingerprint density at radius 1 is 1.43 bits per heavy atom. The molecule has 0 bridgehead atoms. The van der Waals surface area contributed by atoms with Crippen LogP contribution in [0.1, 0.15) is 13.8 Å². The highest BCUT2D eigenvalue weighted by molar-refractivity contribution is 7.89. The van der Waals surface area contributed by atoms with Gasteiger partial charge in [0.05, 0.1) is 11.9 Å². The molecule has 86 valence electrons. The average Bonchev–Trinajstić information content (AvgIpc) is 2.15. The molecule has 2 atom stereocenters. The molecule has 5 nitrogen and oxygen atoms in total. The molecule has 0 aromatic carbocycles. The summed E-state index contributed by atoms with van der Waals surface area (Å²) in [5.74, 6) is 0. The van der Waals surface area contributed by atoms with Crippen molar-refractivity contribution in [3.05, 3.63) is 0 Å². The molecule has 0 aliphatic rings. The Kier molecular flexibility index (Phi) is 5.58.